The summed E-state index contributed by atoms with van der Waals surface area (Å²) in [6, 6.07) is 27.3. The largest absolute Gasteiger partial charge is 0.495 e. The highest BCUT2D eigenvalue weighted by molar-refractivity contribution is 6.01. The summed E-state index contributed by atoms with van der Waals surface area (Å²) in [6.07, 6.45) is 0.0462. The van der Waals surface area contributed by atoms with Crippen molar-refractivity contribution in [2.75, 3.05) is 35.8 Å². The molecule has 3 N–H and O–H groups in total. The van der Waals surface area contributed by atoms with E-state index < -0.39 is 12.0 Å². The van der Waals surface area contributed by atoms with Gasteiger partial charge in [-0.1, -0.05) is 60.7 Å². The van der Waals surface area contributed by atoms with E-state index in [0.717, 1.165) is 22.3 Å². The monoisotopic (exact) mass is 579 g/mol. The molecule has 4 aromatic carbocycles. The molecule has 0 aromatic heterocycles. The highest BCUT2D eigenvalue weighted by atomic mass is 16.5. The number of carbonyl (C=O) groups is 3. The number of aliphatic carboxylic acids is 1. The van der Waals surface area contributed by atoms with Gasteiger partial charge in [-0.05, 0) is 59.5 Å². The summed E-state index contributed by atoms with van der Waals surface area (Å²) in [5.41, 5.74) is 5.19. The first-order valence-corrected chi connectivity index (χ1v) is 14.0. The Balaban J connectivity index is 1.30. The van der Waals surface area contributed by atoms with Crippen molar-refractivity contribution in [3.8, 4) is 11.5 Å². The van der Waals surface area contributed by atoms with Crippen LogP contribution in [0, 0.1) is 6.92 Å². The average molecular weight is 580 g/mol. The molecule has 1 heterocycles. The summed E-state index contributed by atoms with van der Waals surface area (Å²) < 4.78 is 11.4. The van der Waals surface area contributed by atoms with Gasteiger partial charge in [0.05, 0.1) is 37.9 Å². The minimum absolute atomic E-state index is 0.0638. The zero-order chi connectivity index (χ0) is 30.3. The Morgan fingerprint density at radius 2 is 1.65 bits per heavy atom. The molecule has 1 aliphatic rings. The third-order valence-electron chi connectivity index (χ3n) is 7.39. The maximum atomic E-state index is 13.5. The van der Waals surface area contributed by atoms with Gasteiger partial charge in [-0.2, -0.15) is 0 Å². The molecule has 0 fully saturated rings. The molecule has 0 radical (unpaired) electrons. The Kier molecular flexibility index (Phi) is 8.90. The molecule has 0 bridgehead atoms. The zero-order valence-electron chi connectivity index (χ0n) is 24.0. The van der Waals surface area contributed by atoms with Gasteiger partial charge in [0.15, 0.2) is 0 Å². The first-order chi connectivity index (χ1) is 20.8. The number of ether oxygens (including phenoxy) is 2. The van der Waals surface area contributed by atoms with Crippen LogP contribution in [0.2, 0.25) is 0 Å². The van der Waals surface area contributed by atoms with E-state index in [1.165, 1.54) is 7.11 Å². The van der Waals surface area contributed by atoms with E-state index in [2.05, 4.69) is 10.6 Å². The van der Waals surface area contributed by atoms with Crippen LogP contribution in [0.5, 0.6) is 11.5 Å². The predicted molar refractivity (Wildman–Crippen MR) is 165 cm³/mol. The fourth-order valence-corrected chi connectivity index (χ4v) is 5.21. The first kappa shape index (κ1) is 29.2. The lowest BCUT2D eigenvalue weighted by atomic mass is 9.88. The molecular weight excluding hydrogens is 546 g/mol. The number of hydrogen-bond donors (Lipinski definition) is 3. The zero-order valence-corrected chi connectivity index (χ0v) is 24.0. The number of nitrogens with zero attached hydrogens (tertiary/aromatic N) is 1. The van der Waals surface area contributed by atoms with E-state index in [1.807, 2.05) is 79.7 Å². The van der Waals surface area contributed by atoms with Crippen molar-refractivity contribution in [3.05, 3.63) is 113 Å². The van der Waals surface area contributed by atoms with Crippen LogP contribution in [-0.2, 0) is 16.0 Å². The van der Waals surface area contributed by atoms with Crippen LogP contribution in [0.15, 0.2) is 91.0 Å². The summed E-state index contributed by atoms with van der Waals surface area (Å²) in [5, 5.41) is 15.2. The average Bonchev–Trinajstić information content (AvgIpc) is 3.01. The molecular formula is C34H33N3O6. The lowest BCUT2D eigenvalue weighted by Gasteiger charge is -2.30. The second-order valence-corrected chi connectivity index (χ2v) is 10.3. The fourth-order valence-electron chi connectivity index (χ4n) is 5.21. The van der Waals surface area contributed by atoms with Crippen LogP contribution < -0.4 is 25.0 Å². The smallest absolute Gasteiger partial charge is 0.323 e. The summed E-state index contributed by atoms with van der Waals surface area (Å²) >= 11 is 0. The van der Waals surface area contributed by atoms with Crippen molar-refractivity contribution in [1.82, 2.24) is 0 Å². The Morgan fingerprint density at radius 3 is 2.40 bits per heavy atom. The number of hydrogen-bond acceptors (Lipinski definition) is 5. The summed E-state index contributed by atoms with van der Waals surface area (Å²) in [7, 11) is 1.51. The Morgan fingerprint density at radius 1 is 0.907 bits per heavy atom. The van der Waals surface area contributed by atoms with Crippen LogP contribution in [0.25, 0.3) is 0 Å². The molecule has 1 atom stereocenters. The highest BCUT2D eigenvalue weighted by Gasteiger charge is 2.26. The van der Waals surface area contributed by atoms with Crippen LogP contribution in [0.4, 0.5) is 21.9 Å². The van der Waals surface area contributed by atoms with Gasteiger partial charge in [0, 0.05) is 11.6 Å². The van der Waals surface area contributed by atoms with E-state index in [1.54, 1.807) is 23.1 Å². The molecule has 1 aliphatic heterocycles. The van der Waals surface area contributed by atoms with E-state index in [4.69, 9.17) is 9.47 Å². The quantitative estimate of drug-likeness (QED) is 0.217. The van der Waals surface area contributed by atoms with Crippen LogP contribution in [-0.4, -0.2) is 43.3 Å². The second kappa shape index (κ2) is 13.1. The first-order valence-electron chi connectivity index (χ1n) is 14.0. The van der Waals surface area contributed by atoms with Gasteiger partial charge in [-0.15, -0.1) is 0 Å². The van der Waals surface area contributed by atoms with Gasteiger partial charge < -0.3 is 30.1 Å². The minimum Gasteiger partial charge on any atom is -0.495 e. The highest BCUT2D eigenvalue weighted by Crippen LogP contribution is 2.38. The topological polar surface area (TPSA) is 117 Å². The second-order valence-electron chi connectivity index (χ2n) is 10.3. The van der Waals surface area contributed by atoms with Crippen molar-refractivity contribution in [3.63, 3.8) is 0 Å². The molecule has 0 saturated heterocycles. The Labute approximate surface area is 250 Å². The van der Waals surface area contributed by atoms with Crippen molar-refractivity contribution in [2.24, 2.45) is 0 Å². The minimum atomic E-state index is -0.895. The lowest BCUT2D eigenvalue weighted by Crippen LogP contribution is -2.39. The van der Waals surface area contributed by atoms with Crippen LogP contribution >= 0.6 is 0 Å². The molecule has 0 aliphatic carbocycles. The number of nitrogens with one attached hydrogen (secondary N) is 2. The molecule has 9 nitrogen and oxygen atoms in total. The Hall–Kier alpha value is -5.31. The van der Waals surface area contributed by atoms with Crippen molar-refractivity contribution in [2.45, 2.75) is 25.7 Å². The number of rotatable bonds is 9. The third kappa shape index (κ3) is 6.95. The molecule has 1 unspecified atom stereocenters. The summed E-state index contributed by atoms with van der Waals surface area (Å²) in [4.78, 5) is 39.4. The molecule has 220 valence electrons. The number of carbonyl (C=O) groups excluding carboxylic acids is 2. The normalized spacial score (nSPS) is 12.8. The molecule has 9 heteroatoms. The number of aryl methyl sites for hydroxylation is 1. The number of carboxylic acids is 1. The van der Waals surface area contributed by atoms with Gasteiger partial charge in [-0.25, -0.2) is 4.79 Å². The molecule has 5 rings (SSSR count). The van der Waals surface area contributed by atoms with Gasteiger partial charge in [0.25, 0.3) is 0 Å². The standard InChI is InChI=1S/C34H33N3O6/c1-22-8-6-7-11-27(22)35-34(41)36-28-14-12-23(18-30(28)42-2)19-32(38)37-16-17-43-31-20-25(13-15-29(31)37)26(21-33(39)40)24-9-4-3-5-10-24/h3-15,18,20,26H,16-17,19,21H2,1-2H3,(H,39,40)(H2,35,36,41). The predicted octanol–water partition coefficient (Wildman–Crippen LogP) is 6.22. The molecule has 3 amide bonds. The molecule has 0 spiro atoms. The molecule has 43 heavy (non-hydrogen) atoms. The van der Waals surface area contributed by atoms with Gasteiger partial charge in [0.2, 0.25) is 5.91 Å². The molecule has 4 aromatic rings. The number of urea groups is 1. The van der Waals surface area contributed by atoms with Crippen molar-refractivity contribution < 1.29 is 29.0 Å². The number of anilines is 3. The van der Waals surface area contributed by atoms with E-state index in [9.17, 15) is 19.5 Å². The van der Waals surface area contributed by atoms with Crippen LogP contribution in [0.3, 0.4) is 0 Å². The third-order valence-corrected chi connectivity index (χ3v) is 7.39. The number of para-hydroxylation sites is 1. The molecule has 0 saturated carbocycles. The van der Waals surface area contributed by atoms with Crippen molar-refractivity contribution in [1.29, 1.82) is 0 Å². The maximum absolute atomic E-state index is 13.5. The van der Waals surface area contributed by atoms with Gasteiger partial charge >= 0.3 is 12.0 Å². The summed E-state index contributed by atoms with van der Waals surface area (Å²) in [6.45, 7) is 2.62. The van der Waals surface area contributed by atoms with Crippen LogP contribution in [0.1, 0.15) is 34.6 Å². The SMILES string of the molecule is COc1cc(CC(=O)N2CCOc3cc(C(CC(=O)O)c4ccccc4)ccc32)ccc1NC(=O)Nc1ccccc1C. The van der Waals surface area contributed by atoms with Gasteiger partial charge in [0.1, 0.15) is 18.1 Å². The maximum Gasteiger partial charge on any atom is 0.323 e. The number of carboxylic acid groups (broad SMARTS) is 1. The van der Waals surface area contributed by atoms with E-state index in [0.29, 0.717) is 41.7 Å². The number of benzene rings is 4. The van der Waals surface area contributed by atoms with Gasteiger partial charge in [-0.3, -0.25) is 9.59 Å². The van der Waals surface area contributed by atoms with E-state index >= 15 is 0 Å². The van der Waals surface area contributed by atoms with E-state index in [-0.39, 0.29) is 24.7 Å². The summed E-state index contributed by atoms with van der Waals surface area (Å²) in [5.74, 6) is -0.393. The number of fused-ring (bicyclic) bond motifs is 1. The lowest BCUT2D eigenvalue weighted by molar-refractivity contribution is -0.137. The fraction of sp³-hybridized carbons (Fsp3) is 0.206. The van der Waals surface area contributed by atoms with Crippen molar-refractivity contribution >= 4 is 35.0 Å². The number of amides is 3. The number of methoxy groups -OCH3 is 1. The Bertz CT molecular complexity index is 1640.